The molecule has 46 heavy (non-hydrogen) atoms. The number of anilines is 3. The van der Waals surface area contributed by atoms with Gasteiger partial charge in [0.1, 0.15) is 11.5 Å². The molecule has 0 spiro atoms. The summed E-state index contributed by atoms with van der Waals surface area (Å²) in [5.41, 5.74) is 6.31. The van der Waals surface area contributed by atoms with Gasteiger partial charge in [-0.3, -0.25) is 0 Å². The predicted octanol–water partition coefficient (Wildman–Crippen LogP) is 12.7. The van der Waals surface area contributed by atoms with Crippen molar-refractivity contribution in [3.63, 3.8) is 0 Å². The second-order valence-electron chi connectivity index (χ2n) is 12.2. The van der Waals surface area contributed by atoms with E-state index in [4.69, 9.17) is 9.47 Å². The number of benzene rings is 6. The Kier molecular flexibility index (Phi) is 6.27. The van der Waals surface area contributed by atoms with Crippen LogP contribution in [0.15, 0.2) is 149 Å². The monoisotopic (exact) mass is 631 g/mol. The Morgan fingerprint density at radius 2 is 1.24 bits per heavy atom. The van der Waals surface area contributed by atoms with Crippen molar-refractivity contribution < 1.29 is 9.47 Å². The van der Waals surface area contributed by atoms with Crippen LogP contribution in [-0.2, 0) is 5.41 Å². The molecule has 222 valence electrons. The fourth-order valence-corrected chi connectivity index (χ4v) is 8.69. The van der Waals surface area contributed by atoms with Gasteiger partial charge in [0, 0.05) is 31.8 Å². The zero-order valence-corrected chi connectivity index (χ0v) is 27.0. The van der Waals surface area contributed by atoms with Crippen LogP contribution < -0.4 is 14.4 Å². The van der Waals surface area contributed by atoms with Gasteiger partial charge < -0.3 is 14.4 Å². The van der Waals surface area contributed by atoms with Crippen LogP contribution in [0.2, 0.25) is 0 Å². The number of hydrogen-bond donors (Lipinski definition) is 0. The quantitative estimate of drug-likeness (QED) is 0.193. The first-order valence-corrected chi connectivity index (χ1v) is 17.1. The average molecular weight is 632 g/mol. The fraction of sp³-hybridized carbons (Fsp3) is 0.0732. The Morgan fingerprint density at radius 1 is 0.565 bits per heavy atom. The Hall–Kier alpha value is -4.97. The van der Waals surface area contributed by atoms with E-state index in [9.17, 15) is 0 Å². The molecule has 0 amide bonds. The zero-order valence-electron chi connectivity index (χ0n) is 25.4. The number of para-hydroxylation sites is 4. The lowest BCUT2D eigenvalue weighted by Crippen LogP contribution is -2.25. The standard InChI is InChI=1S/C41H29NO2S2/c1-41(2)29-14-6-7-18-33(29)43-39-30(41)15-10-16-31(39)42(32-17-11-21-37-40(32)44-34-19-8-9-20-36(34)46-37)28-22-23-35-27(24-28)25-38(45-35)26-12-4-3-5-13-26/h3-25H,1-2H3. The number of nitrogens with zero attached hydrogens (tertiary/aromatic N) is 1. The number of thiophene rings is 1. The third-order valence-corrected chi connectivity index (χ3v) is 11.2. The van der Waals surface area contributed by atoms with E-state index >= 15 is 0 Å². The maximum atomic E-state index is 6.83. The summed E-state index contributed by atoms with van der Waals surface area (Å²) >= 11 is 3.57. The summed E-state index contributed by atoms with van der Waals surface area (Å²) in [7, 11) is 0. The van der Waals surface area contributed by atoms with E-state index in [1.165, 1.54) is 26.1 Å². The van der Waals surface area contributed by atoms with Crippen molar-refractivity contribution in [2.24, 2.45) is 0 Å². The second kappa shape index (κ2) is 10.5. The van der Waals surface area contributed by atoms with Crippen LogP contribution in [0.5, 0.6) is 23.0 Å². The van der Waals surface area contributed by atoms with Gasteiger partial charge in [-0.25, -0.2) is 0 Å². The fourth-order valence-electron chi connectivity index (χ4n) is 6.66. The average Bonchev–Trinajstić information content (AvgIpc) is 3.52. The van der Waals surface area contributed by atoms with E-state index in [0.717, 1.165) is 55.4 Å². The highest BCUT2D eigenvalue weighted by Gasteiger charge is 2.37. The predicted molar refractivity (Wildman–Crippen MR) is 191 cm³/mol. The third kappa shape index (κ3) is 4.34. The molecule has 2 aliphatic rings. The van der Waals surface area contributed by atoms with E-state index in [1.54, 1.807) is 11.8 Å². The molecule has 3 heterocycles. The third-order valence-electron chi connectivity index (χ3n) is 8.98. The van der Waals surface area contributed by atoms with Crippen molar-refractivity contribution in [3.05, 3.63) is 151 Å². The van der Waals surface area contributed by atoms with Crippen LogP contribution in [0.25, 0.3) is 20.5 Å². The maximum absolute atomic E-state index is 6.83. The highest BCUT2D eigenvalue weighted by Crippen LogP contribution is 2.57. The molecule has 5 heteroatoms. The molecule has 0 unspecified atom stereocenters. The molecule has 0 bridgehead atoms. The van der Waals surface area contributed by atoms with Gasteiger partial charge in [-0.05, 0) is 71.6 Å². The minimum Gasteiger partial charge on any atom is -0.455 e. The Balaban J connectivity index is 1.26. The number of rotatable bonds is 4. The van der Waals surface area contributed by atoms with Crippen molar-refractivity contribution >= 4 is 50.2 Å². The van der Waals surface area contributed by atoms with Crippen LogP contribution in [0.3, 0.4) is 0 Å². The largest absolute Gasteiger partial charge is 0.455 e. The van der Waals surface area contributed by atoms with E-state index in [0.29, 0.717) is 0 Å². The number of fused-ring (bicyclic) bond motifs is 5. The first-order chi connectivity index (χ1) is 22.5. The molecule has 0 saturated carbocycles. The normalized spacial score (nSPS) is 13.9. The van der Waals surface area contributed by atoms with Crippen molar-refractivity contribution in [1.29, 1.82) is 0 Å². The molecule has 0 fully saturated rings. The summed E-state index contributed by atoms with van der Waals surface area (Å²) in [5.74, 6) is 3.47. The minimum atomic E-state index is -0.241. The van der Waals surface area contributed by atoms with Crippen molar-refractivity contribution in [2.45, 2.75) is 29.1 Å². The van der Waals surface area contributed by atoms with Gasteiger partial charge in [0.25, 0.3) is 0 Å². The second-order valence-corrected chi connectivity index (χ2v) is 14.3. The first-order valence-electron chi connectivity index (χ1n) is 15.4. The van der Waals surface area contributed by atoms with Gasteiger partial charge in [-0.2, -0.15) is 0 Å². The summed E-state index contributed by atoms with van der Waals surface area (Å²) < 4.78 is 14.8. The molecular formula is C41H29NO2S2. The lowest BCUT2D eigenvalue weighted by molar-refractivity contribution is 0.419. The smallest absolute Gasteiger partial charge is 0.165 e. The van der Waals surface area contributed by atoms with Crippen molar-refractivity contribution in [3.8, 4) is 33.4 Å². The summed E-state index contributed by atoms with van der Waals surface area (Å²) in [4.78, 5) is 5.77. The molecule has 0 saturated heterocycles. The SMILES string of the molecule is CC1(C)c2ccccc2Oc2c(N(c3ccc4sc(-c5ccccc5)cc4c3)c3cccc4c3Oc3ccccc3S4)cccc21. The molecule has 2 aliphatic heterocycles. The first kappa shape index (κ1) is 27.3. The van der Waals surface area contributed by atoms with E-state index in [2.05, 4.69) is 140 Å². The van der Waals surface area contributed by atoms with Gasteiger partial charge in [-0.15, -0.1) is 11.3 Å². The lowest BCUT2D eigenvalue weighted by Gasteiger charge is -2.38. The highest BCUT2D eigenvalue weighted by atomic mass is 32.2. The van der Waals surface area contributed by atoms with E-state index in [-0.39, 0.29) is 5.41 Å². The maximum Gasteiger partial charge on any atom is 0.165 e. The van der Waals surface area contributed by atoms with E-state index in [1.807, 2.05) is 29.5 Å². The summed E-state index contributed by atoms with van der Waals surface area (Å²) in [6.45, 7) is 4.57. The van der Waals surface area contributed by atoms with Gasteiger partial charge in [-0.1, -0.05) is 104 Å². The van der Waals surface area contributed by atoms with Crippen LogP contribution in [0.1, 0.15) is 25.0 Å². The molecule has 3 nitrogen and oxygen atoms in total. The molecule has 0 N–H and O–H groups in total. The highest BCUT2D eigenvalue weighted by molar-refractivity contribution is 7.99. The summed E-state index contributed by atoms with van der Waals surface area (Å²) in [5, 5.41) is 1.20. The summed E-state index contributed by atoms with van der Waals surface area (Å²) in [6, 6.07) is 49.2. The number of ether oxygens (including phenoxy) is 2. The van der Waals surface area contributed by atoms with Gasteiger partial charge in [0.15, 0.2) is 11.5 Å². The van der Waals surface area contributed by atoms with Gasteiger partial charge in [0.05, 0.1) is 21.2 Å². The molecule has 7 aromatic rings. The molecule has 9 rings (SSSR count). The molecule has 1 aromatic heterocycles. The molecule has 6 aromatic carbocycles. The molecular weight excluding hydrogens is 603 g/mol. The summed E-state index contributed by atoms with van der Waals surface area (Å²) in [6.07, 6.45) is 0. The number of hydrogen-bond acceptors (Lipinski definition) is 5. The van der Waals surface area contributed by atoms with E-state index < -0.39 is 0 Å². The van der Waals surface area contributed by atoms with Crippen molar-refractivity contribution in [2.75, 3.05) is 4.90 Å². The topological polar surface area (TPSA) is 21.7 Å². The van der Waals surface area contributed by atoms with Crippen LogP contribution in [-0.4, -0.2) is 0 Å². The molecule has 0 aliphatic carbocycles. The zero-order chi connectivity index (χ0) is 30.8. The van der Waals surface area contributed by atoms with Crippen LogP contribution in [0.4, 0.5) is 17.1 Å². The molecule has 0 atom stereocenters. The minimum absolute atomic E-state index is 0.241. The Labute approximate surface area is 276 Å². The van der Waals surface area contributed by atoms with Gasteiger partial charge in [0.2, 0.25) is 0 Å². The Bertz CT molecular complexity index is 2290. The van der Waals surface area contributed by atoms with Crippen LogP contribution >= 0.6 is 23.1 Å². The Morgan fingerprint density at radius 3 is 2.11 bits per heavy atom. The molecule has 0 radical (unpaired) electrons. The van der Waals surface area contributed by atoms with Gasteiger partial charge >= 0.3 is 0 Å². The van der Waals surface area contributed by atoms with Crippen LogP contribution in [0, 0.1) is 0 Å². The lowest BCUT2D eigenvalue weighted by atomic mass is 9.75. The van der Waals surface area contributed by atoms with Crippen molar-refractivity contribution in [1.82, 2.24) is 0 Å².